The van der Waals surface area contributed by atoms with Gasteiger partial charge in [0.25, 0.3) is 0 Å². The number of thiol groups is 1. The molecule has 0 atom stereocenters. The van der Waals surface area contributed by atoms with Crippen LogP contribution in [0, 0.1) is 37.9 Å². The van der Waals surface area contributed by atoms with Crippen LogP contribution in [0.25, 0.3) is 0 Å². The first-order valence-corrected chi connectivity index (χ1v) is 51.6. The summed E-state index contributed by atoms with van der Waals surface area (Å²) < 4.78 is 100. The summed E-state index contributed by atoms with van der Waals surface area (Å²) in [6.07, 6.45) is 3.44. The van der Waals surface area contributed by atoms with Gasteiger partial charge in [-0.05, 0) is 59.0 Å². The molecule has 572 valence electrons. The lowest BCUT2D eigenvalue weighted by Crippen LogP contribution is -2.44. The molecule has 0 aromatic heterocycles. The molecule has 5 heterocycles. The molecule has 5 fully saturated rings. The molecule has 5 aliphatic rings. The topological polar surface area (TPSA) is 303 Å². The van der Waals surface area contributed by atoms with Crippen LogP contribution in [0.3, 0.4) is 0 Å². The first kappa shape index (κ1) is 93.5. The van der Waals surface area contributed by atoms with Crippen LogP contribution in [0.5, 0.6) is 0 Å². The van der Waals surface area contributed by atoms with Crippen molar-refractivity contribution in [3.8, 4) is 0 Å². The van der Waals surface area contributed by atoms with Gasteiger partial charge in [-0.2, -0.15) is 0 Å². The van der Waals surface area contributed by atoms with Gasteiger partial charge in [-0.15, -0.1) is 0 Å². The number of hydrogen-bond acceptors (Lipinski definition) is 35. The van der Waals surface area contributed by atoms with Crippen LogP contribution in [-0.4, -0.2) is 190 Å². The minimum atomic E-state index is -2.65. The molecule has 0 spiro atoms. The fraction of sp³-hybridized carbons (Fsp3) is 0.729. The Labute approximate surface area is 634 Å². The number of carbonyl (C=O) groups excluding carboxylic acids is 8. The second-order valence-electron chi connectivity index (χ2n) is 27.0. The standard InChI is InChI=1S/C37H64O16P4S8.C17H20O8.C5H11O2PS2/c1-33(2)17-46-54(58,47-18-33)62-13-9-29(38)42-25-37(26-43-30(39)10-14-63-55(59)48-19-34(3,4)20-49-55,27-44-31(40)11-15-64-56(60)50-21-35(5,6)22-51-56)28-45-32(41)12-16-65-57(61)52-23-36(7,8)24-53-57;1-5-13(18)22-9-17(10-23-14(19)6-2,11-24-15(20)7-3)12-25-16(21)8-4;1-5(2)3-6-8(9,10)7-4-5/h9-28H2,1-8H3;5-8H,1-4,9-12H2;3-4H2,1-2H3,(H,9,10). The van der Waals surface area contributed by atoms with Gasteiger partial charge < -0.3 is 83.1 Å². The minimum absolute atomic E-state index is 0.0614. The van der Waals surface area contributed by atoms with Gasteiger partial charge in [0.2, 0.25) is 28.5 Å². The molecule has 41 heteroatoms. The Morgan fingerprint density at radius 1 is 0.340 bits per heavy atom. The highest BCUT2D eigenvalue weighted by Gasteiger charge is 2.42. The predicted molar refractivity (Wildman–Crippen MR) is 410 cm³/mol. The maximum Gasteiger partial charge on any atom is 0.330 e. The van der Waals surface area contributed by atoms with Crippen molar-refractivity contribution in [2.24, 2.45) is 37.9 Å². The zero-order chi connectivity index (χ0) is 75.4. The van der Waals surface area contributed by atoms with Gasteiger partial charge in [0, 0.05) is 74.4 Å². The summed E-state index contributed by atoms with van der Waals surface area (Å²) >= 11 is 36.5. The highest BCUT2D eigenvalue weighted by molar-refractivity contribution is 8.69. The van der Waals surface area contributed by atoms with Crippen LogP contribution in [-0.2, 0) is 181 Å². The number of esters is 8. The molecule has 0 aliphatic carbocycles. The molecule has 100 heavy (non-hydrogen) atoms. The third kappa shape index (κ3) is 38.4. The SMILES string of the molecule is C=CC(=O)OCC(COC(=O)C=C)(COC(=O)C=C)COC(=O)C=C.CC1(C)COP(=S)(S)OC1.CC1(C)COP(=S)(SCCC(=O)OCC(COC(=O)CCSP2(=S)OCC(C)(C)CO2)(COC(=O)CCSP2(=S)OCC(C)(C)CO2)COC(=O)CCSP2(=S)OCC(C)(C)CO2)OC1. The molecule has 0 N–H and O–H groups in total. The van der Waals surface area contributed by atoms with Gasteiger partial charge >= 0.3 is 47.8 Å². The lowest BCUT2D eigenvalue weighted by molar-refractivity contribution is -0.171. The van der Waals surface area contributed by atoms with Crippen molar-refractivity contribution < 1.29 is 121 Å². The van der Waals surface area contributed by atoms with E-state index in [2.05, 4.69) is 52.4 Å². The van der Waals surface area contributed by atoms with Crippen LogP contribution in [0.2, 0.25) is 0 Å². The Bertz CT molecular complexity index is 2680. The van der Waals surface area contributed by atoms with E-state index in [9.17, 15) is 38.4 Å². The third-order valence-electron chi connectivity index (χ3n) is 13.3. The number of carbonyl (C=O) groups is 8. The summed E-state index contributed by atoms with van der Waals surface area (Å²) in [5.41, 5.74) is -16.2. The largest absolute Gasteiger partial charge is 0.465 e. The first-order chi connectivity index (χ1) is 46.3. The highest BCUT2D eigenvalue weighted by atomic mass is 32.9. The van der Waals surface area contributed by atoms with Crippen LogP contribution in [0.4, 0.5) is 0 Å². The molecule has 0 saturated carbocycles. The molecule has 0 unspecified atom stereocenters. The van der Waals surface area contributed by atoms with Gasteiger partial charge in [-0.25, -0.2) is 19.2 Å². The monoisotopic (exact) mass is 1690 g/mol. The van der Waals surface area contributed by atoms with Crippen LogP contribution < -0.4 is 0 Å². The fourth-order valence-electron chi connectivity index (χ4n) is 7.05. The Balaban J connectivity index is 0.000000605. The third-order valence-corrected chi connectivity index (χ3v) is 36.7. The van der Waals surface area contributed by atoms with E-state index in [4.69, 9.17) is 142 Å². The van der Waals surface area contributed by atoms with Crippen LogP contribution in [0.15, 0.2) is 50.6 Å². The van der Waals surface area contributed by atoms with Crippen molar-refractivity contribution in [3.05, 3.63) is 50.6 Å². The lowest BCUT2D eigenvalue weighted by atomic mass is 9.92. The molecule has 0 radical (unpaired) electrons. The van der Waals surface area contributed by atoms with Gasteiger partial charge in [-0.1, -0.05) is 153 Å². The van der Waals surface area contributed by atoms with E-state index in [1.54, 1.807) is 0 Å². The van der Waals surface area contributed by atoms with E-state index < -0.39 is 113 Å². The van der Waals surface area contributed by atoms with Crippen molar-refractivity contribution in [1.29, 1.82) is 0 Å². The second kappa shape index (κ2) is 42.9. The molecule has 0 bridgehead atoms. The highest BCUT2D eigenvalue weighted by Crippen LogP contribution is 2.67. The Morgan fingerprint density at radius 2 is 0.500 bits per heavy atom. The van der Waals surface area contributed by atoms with Crippen LogP contribution in [0.1, 0.15) is 94.9 Å². The Kier molecular flexibility index (Phi) is 40.1. The summed E-state index contributed by atoms with van der Waals surface area (Å²) in [5, 5.41) is 0. The zero-order valence-electron chi connectivity index (χ0n) is 58.0. The molecule has 5 rings (SSSR count). The average molecular weight is 1700 g/mol. The van der Waals surface area contributed by atoms with E-state index in [1.807, 2.05) is 55.4 Å². The molecule has 5 saturated heterocycles. The zero-order valence-corrected chi connectivity index (χ0v) is 70.7. The van der Waals surface area contributed by atoms with Crippen LogP contribution >= 0.6 is 86.2 Å². The first-order valence-electron chi connectivity index (χ1n) is 30.9. The molecule has 5 aliphatic heterocycles. The molecule has 26 nitrogen and oxygen atoms in total. The smallest absolute Gasteiger partial charge is 0.330 e. The quantitative estimate of drug-likeness (QED) is 0.0200. The number of rotatable bonds is 36. The average Bonchev–Trinajstić information content (AvgIpc) is 0.859. The van der Waals surface area contributed by atoms with Crippen molar-refractivity contribution in [1.82, 2.24) is 0 Å². The lowest BCUT2D eigenvalue weighted by Gasteiger charge is -2.36. The van der Waals surface area contributed by atoms with Gasteiger partial charge in [-0.3, -0.25) is 19.2 Å². The predicted octanol–water partition coefficient (Wildman–Crippen LogP) is 12.9. The van der Waals surface area contributed by atoms with Crippen molar-refractivity contribution in [2.45, 2.75) is 94.9 Å². The van der Waals surface area contributed by atoms with E-state index in [-0.39, 0.29) is 102 Å². The summed E-state index contributed by atoms with van der Waals surface area (Å²) in [6.45, 7) is 34.9. The fourth-order valence-corrected chi connectivity index (χ4v) is 26.5. The van der Waals surface area contributed by atoms with Gasteiger partial charge in [0.1, 0.15) is 63.7 Å². The summed E-state index contributed by atoms with van der Waals surface area (Å²) in [6, 6.07) is 0. The summed E-state index contributed by atoms with van der Waals surface area (Å²) in [4.78, 5) is 98.4. The molecule has 0 amide bonds. The van der Waals surface area contributed by atoms with E-state index >= 15 is 0 Å². The van der Waals surface area contributed by atoms with Crippen molar-refractivity contribution >= 4 is 193 Å². The van der Waals surface area contributed by atoms with E-state index in [0.717, 1.165) is 24.3 Å². The summed E-state index contributed by atoms with van der Waals surface area (Å²) in [5.74, 6) is -4.49. The maximum atomic E-state index is 13.3. The van der Waals surface area contributed by atoms with Crippen molar-refractivity contribution in [2.75, 3.05) is 142 Å². The molecule has 0 aromatic rings. The molecular weight excluding hydrogens is 1600 g/mol. The Hall–Kier alpha value is -0.680. The van der Waals surface area contributed by atoms with Gasteiger partial charge in [0.15, 0.2) is 0 Å². The maximum absolute atomic E-state index is 13.3. The normalized spacial score (nSPS) is 20.8. The molecular formula is C59H95O26P5S10. The van der Waals surface area contributed by atoms with Crippen molar-refractivity contribution in [3.63, 3.8) is 0 Å². The van der Waals surface area contributed by atoms with E-state index in [1.165, 1.54) is 45.5 Å². The minimum Gasteiger partial charge on any atom is -0.465 e. The van der Waals surface area contributed by atoms with E-state index in [0.29, 0.717) is 66.1 Å². The summed E-state index contributed by atoms with van der Waals surface area (Å²) in [7, 11) is 0. The number of hydrogen-bond donors (Lipinski definition) is 1. The van der Waals surface area contributed by atoms with Gasteiger partial charge in [0.05, 0.1) is 91.8 Å². The Morgan fingerprint density at radius 3 is 0.660 bits per heavy atom. The molecule has 0 aromatic carbocycles. The second-order valence-corrected chi connectivity index (χ2v) is 58.0. The number of ether oxygens (including phenoxy) is 8.